The van der Waals surface area contributed by atoms with Gasteiger partial charge in [0.2, 0.25) is 0 Å². The number of rotatable bonds is 2. The zero-order valence-electron chi connectivity index (χ0n) is 6.64. The van der Waals surface area contributed by atoms with Gasteiger partial charge >= 0.3 is 0 Å². The van der Waals surface area contributed by atoms with E-state index in [-0.39, 0.29) is 0 Å². The zero-order chi connectivity index (χ0) is 7.40. The second-order valence-electron chi connectivity index (χ2n) is 2.74. The summed E-state index contributed by atoms with van der Waals surface area (Å²) in [4.78, 5) is 2.27. The van der Waals surface area contributed by atoms with Crippen molar-refractivity contribution in [1.82, 2.24) is 10.2 Å². The molecule has 0 aromatic heterocycles. The molecule has 0 bridgehead atoms. The Bertz CT molecular complexity index is 112. The molecule has 1 atom stereocenters. The van der Waals surface area contributed by atoms with Gasteiger partial charge in [-0.3, -0.25) is 0 Å². The second-order valence-corrected chi connectivity index (χ2v) is 2.74. The van der Waals surface area contributed by atoms with Gasteiger partial charge in [0.1, 0.15) is 0 Å². The van der Waals surface area contributed by atoms with Crippen molar-refractivity contribution in [3.8, 4) is 0 Å². The monoisotopic (exact) mass is 140 g/mol. The first kappa shape index (κ1) is 7.61. The Morgan fingerprint density at radius 3 is 3.20 bits per heavy atom. The van der Waals surface area contributed by atoms with E-state index in [2.05, 4.69) is 23.7 Å². The van der Waals surface area contributed by atoms with Gasteiger partial charge in [0.15, 0.2) is 0 Å². The number of nitrogens with one attached hydrogen (secondary N) is 1. The third kappa shape index (κ3) is 1.74. The maximum atomic E-state index is 3.75. The molecule has 0 aliphatic carbocycles. The lowest BCUT2D eigenvalue weighted by Gasteiger charge is -2.32. The van der Waals surface area contributed by atoms with Crippen LogP contribution in [0.2, 0.25) is 0 Å². The SMILES string of the molecule is C=CN1CCNC(CC)C1. The maximum Gasteiger partial charge on any atom is 0.0326 e. The van der Waals surface area contributed by atoms with Crippen molar-refractivity contribution in [2.75, 3.05) is 19.6 Å². The molecule has 2 heteroatoms. The van der Waals surface area contributed by atoms with E-state index in [0.717, 1.165) is 19.6 Å². The van der Waals surface area contributed by atoms with Gasteiger partial charge in [-0.15, -0.1) is 0 Å². The molecule has 1 heterocycles. The van der Waals surface area contributed by atoms with Crippen LogP contribution in [-0.4, -0.2) is 30.6 Å². The third-order valence-corrected chi connectivity index (χ3v) is 2.04. The molecule has 0 saturated carbocycles. The minimum atomic E-state index is 0.673. The first-order valence-electron chi connectivity index (χ1n) is 3.96. The van der Waals surface area contributed by atoms with Crippen LogP contribution in [0.1, 0.15) is 13.3 Å². The molecule has 10 heavy (non-hydrogen) atoms. The summed E-state index contributed by atoms with van der Waals surface area (Å²) in [5.41, 5.74) is 0. The Morgan fingerprint density at radius 1 is 1.80 bits per heavy atom. The van der Waals surface area contributed by atoms with Gasteiger partial charge in [0, 0.05) is 25.7 Å². The van der Waals surface area contributed by atoms with Crippen LogP contribution in [0.3, 0.4) is 0 Å². The van der Waals surface area contributed by atoms with Crippen LogP contribution in [0.5, 0.6) is 0 Å². The lowest BCUT2D eigenvalue weighted by Crippen LogP contribution is -2.48. The third-order valence-electron chi connectivity index (χ3n) is 2.04. The lowest BCUT2D eigenvalue weighted by molar-refractivity contribution is 0.262. The molecular formula is C8H16N2. The van der Waals surface area contributed by atoms with E-state index in [0.29, 0.717) is 6.04 Å². The van der Waals surface area contributed by atoms with Gasteiger partial charge < -0.3 is 10.2 Å². The van der Waals surface area contributed by atoms with E-state index < -0.39 is 0 Å². The van der Waals surface area contributed by atoms with Crippen molar-refractivity contribution in [2.24, 2.45) is 0 Å². The topological polar surface area (TPSA) is 15.3 Å². The molecule has 1 aliphatic heterocycles. The molecule has 1 saturated heterocycles. The van der Waals surface area contributed by atoms with E-state index in [9.17, 15) is 0 Å². The minimum Gasteiger partial charge on any atom is -0.375 e. The molecule has 1 N–H and O–H groups in total. The summed E-state index contributed by atoms with van der Waals surface area (Å²) in [5.74, 6) is 0. The summed E-state index contributed by atoms with van der Waals surface area (Å²) in [6.07, 6.45) is 3.15. The summed E-state index contributed by atoms with van der Waals surface area (Å²) >= 11 is 0. The number of hydrogen-bond acceptors (Lipinski definition) is 2. The fourth-order valence-corrected chi connectivity index (χ4v) is 1.29. The highest BCUT2D eigenvalue weighted by Crippen LogP contribution is 2.01. The average molecular weight is 140 g/mol. The molecule has 0 aromatic rings. The molecule has 1 rings (SSSR count). The molecule has 0 aromatic carbocycles. The molecule has 2 nitrogen and oxygen atoms in total. The predicted octanol–water partition coefficient (Wildman–Crippen LogP) is 0.814. The van der Waals surface area contributed by atoms with Crippen LogP contribution in [0, 0.1) is 0 Å². The summed E-state index contributed by atoms with van der Waals surface area (Å²) in [5, 5.41) is 3.44. The summed E-state index contributed by atoms with van der Waals surface area (Å²) < 4.78 is 0. The normalized spacial score (nSPS) is 26.5. The van der Waals surface area contributed by atoms with Crippen LogP contribution in [0.15, 0.2) is 12.8 Å². The van der Waals surface area contributed by atoms with Crippen molar-refractivity contribution >= 4 is 0 Å². The average Bonchev–Trinajstić information content (AvgIpc) is 2.05. The van der Waals surface area contributed by atoms with E-state index in [1.54, 1.807) is 0 Å². The van der Waals surface area contributed by atoms with Gasteiger partial charge in [0.25, 0.3) is 0 Å². The predicted molar refractivity (Wildman–Crippen MR) is 43.9 cm³/mol. The highest BCUT2D eigenvalue weighted by atomic mass is 15.2. The maximum absolute atomic E-state index is 3.75. The van der Waals surface area contributed by atoms with E-state index in [4.69, 9.17) is 0 Å². The zero-order valence-corrected chi connectivity index (χ0v) is 6.64. The van der Waals surface area contributed by atoms with Crippen molar-refractivity contribution in [1.29, 1.82) is 0 Å². The largest absolute Gasteiger partial charge is 0.375 e. The van der Waals surface area contributed by atoms with Gasteiger partial charge in [-0.1, -0.05) is 13.5 Å². The fourth-order valence-electron chi connectivity index (χ4n) is 1.29. The Labute approximate surface area is 62.9 Å². The highest BCUT2D eigenvalue weighted by molar-refractivity contribution is 4.82. The van der Waals surface area contributed by atoms with Crippen LogP contribution < -0.4 is 5.32 Å². The number of nitrogens with zero attached hydrogens (tertiary/aromatic N) is 1. The summed E-state index contributed by atoms with van der Waals surface area (Å²) in [6.45, 7) is 9.30. The quantitative estimate of drug-likeness (QED) is 0.610. The van der Waals surface area contributed by atoms with Crippen LogP contribution >= 0.6 is 0 Å². The first-order valence-corrected chi connectivity index (χ1v) is 3.96. The molecule has 1 unspecified atom stereocenters. The standard InChI is InChI=1S/C8H16N2/c1-3-8-7-10(4-2)6-5-9-8/h4,8-9H,2-3,5-7H2,1H3. The molecular weight excluding hydrogens is 124 g/mol. The molecule has 58 valence electrons. The fraction of sp³-hybridized carbons (Fsp3) is 0.750. The Hall–Kier alpha value is -0.500. The molecule has 0 spiro atoms. The first-order chi connectivity index (χ1) is 4.86. The summed E-state index contributed by atoms with van der Waals surface area (Å²) in [6, 6.07) is 0.673. The molecule has 0 radical (unpaired) electrons. The Balaban J connectivity index is 2.31. The number of piperazine rings is 1. The van der Waals surface area contributed by atoms with Crippen LogP contribution in [-0.2, 0) is 0 Å². The smallest absolute Gasteiger partial charge is 0.0326 e. The van der Waals surface area contributed by atoms with Crippen molar-refractivity contribution in [3.05, 3.63) is 12.8 Å². The van der Waals surface area contributed by atoms with Gasteiger partial charge in [-0.05, 0) is 12.6 Å². The van der Waals surface area contributed by atoms with E-state index in [1.165, 1.54) is 6.42 Å². The van der Waals surface area contributed by atoms with E-state index in [1.807, 2.05) is 6.20 Å². The Morgan fingerprint density at radius 2 is 2.60 bits per heavy atom. The van der Waals surface area contributed by atoms with E-state index >= 15 is 0 Å². The summed E-state index contributed by atoms with van der Waals surface area (Å²) in [7, 11) is 0. The lowest BCUT2D eigenvalue weighted by atomic mass is 10.2. The van der Waals surface area contributed by atoms with Gasteiger partial charge in [-0.2, -0.15) is 0 Å². The van der Waals surface area contributed by atoms with Crippen LogP contribution in [0.4, 0.5) is 0 Å². The van der Waals surface area contributed by atoms with Gasteiger partial charge in [-0.25, -0.2) is 0 Å². The molecule has 1 fully saturated rings. The molecule has 1 aliphatic rings. The van der Waals surface area contributed by atoms with Gasteiger partial charge in [0.05, 0.1) is 0 Å². The van der Waals surface area contributed by atoms with Crippen molar-refractivity contribution in [2.45, 2.75) is 19.4 Å². The Kier molecular flexibility index (Phi) is 2.75. The van der Waals surface area contributed by atoms with Crippen LogP contribution in [0.25, 0.3) is 0 Å². The van der Waals surface area contributed by atoms with Crippen molar-refractivity contribution in [3.63, 3.8) is 0 Å². The number of hydrogen-bond donors (Lipinski definition) is 1. The van der Waals surface area contributed by atoms with Crippen molar-refractivity contribution < 1.29 is 0 Å². The second kappa shape index (κ2) is 3.62. The molecule has 0 amide bonds. The minimum absolute atomic E-state index is 0.673. The highest BCUT2D eigenvalue weighted by Gasteiger charge is 2.13.